The number of allylic oxidation sites excluding steroid dienone is 1. The summed E-state index contributed by atoms with van der Waals surface area (Å²) in [7, 11) is 0. The molecule has 1 heteroatoms. The monoisotopic (exact) mass is 150 g/mol. The van der Waals surface area contributed by atoms with Gasteiger partial charge in [-0.05, 0) is 37.1 Å². The molecular weight excluding hydrogens is 139 g/mol. The molecule has 0 bridgehead atoms. The van der Waals surface area contributed by atoms with Crippen LogP contribution >= 0.6 is 0 Å². The highest BCUT2D eigenvalue weighted by Crippen LogP contribution is 2.16. The maximum absolute atomic E-state index is 12.6. The second kappa shape index (κ2) is 2.87. The summed E-state index contributed by atoms with van der Waals surface area (Å²) in [6.07, 6.45) is 0. The van der Waals surface area contributed by atoms with E-state index >= 15 is 0 Å². The maximum atomic E-state index is 12.6. The largest absolute Gasteiger partial charge is 0.207 e. The summed E-state index contributed by atoms with van der Waals surface area (Å²) in [5.74, 6) is -0.187. The Morgan fingerprint density at radius 2 is 2.09 bits per heavy atom. The topological polar surface area (TPSA) is 0 Å². The molecule has 0 saturated carbocycles. The molecule has 0 saturated heterocycles. The molecule has 0 aliphatic carbocycles. The average molecular weight is 150 g/mol. The van der Waals surface area contributed by atoms with E-state index in [4.69, 9.17) is 0 Å². The SMILES string of the molecule is C=C(C)c1ccc(F)cc1C. The molecule has 0 N–H and O–H groups in total. The van der Waals surface area contributed by atoms with Crippen molar-refractivity contribution in [3.63, 3.8) is 0 Å². The van der Waals surface area contributed by atoms with Crippen LogP contribution < -0.4 is 0 Å². The first kappa shape index (κ1) is 7.99. The van der Waals surface area contributed by atoms with E-state index in [0.717, 1.165) is 16.7 Å². The van der Waals surface area contributed by atoms with Crippen LogP contribution in [-0.2, 0) is 0 Å². The lowest BCUT2D eigenvalue weighted by atomic mass is 10.0. The highest BCUT2D eigenvalue weighted by molar-refractivity contribution is 5.64. The quantitative estimate of drug-likeness (QED) is 0.576. The van der Waals surface area contributed by atoms with Gasteiger partial charge in [-0.2, -0.15) is 0 Å². The van der Waals surface area contributed by atoms with E-state index in [1.54, 1.807) is 6.07 Å². The van der Waals surface area contributed by atoms with Gasteiger partial charge in [-0.3, -0.25) is 0 Å². The standard InChI is InChI=1S/C10H11F/c1-7(2)10-5-4-9(11)6-8(10)3/h4-6H,1H2,2-3H3. The molecule has 0 aromatic heterocycles. The third kappa shape index (κ3) is 1.67. The molecule has 0 radical (unpaired) electrons. The summed E-state index contributed by atoms with van der Waals surface area (Å²) in [6.45, 7) is 7.59. The van der Waals surface area contributed by atoms with Crippen molar-refractivity contribution in [2.75, 3.05) is 0 Å². The first-order valence-corrected chi connectivity index (χ1v) is 3.53. The summed E-state index contributed by atoms with van der Waals surface area (Å²) in [6, 6.07) is 4.73. The van der Waals surface area contributed by atoms with Crippen LogP contribution in [0.25, 0.3) is 5.57 Å². The van der Waals surface area contributed by atoms with E-state index in [2.05, 4.69) is 6.58 Å². The molecule has 1 aromatic carbocycles. The summed E-state index contributed by atoms with van der Waals surface area (Å²) < 4.78 is 12.6. The van der Waals surface area contributed by atoms with E-state index in [1.807, 2.05) is 13.8 Å². The van der Waals surface area contributed by atoms with Gasteiger partial charge in [0.25, 0.3) is 0 Å². The van der Waals surface area contributed by atoms with Crippen LogP contribution in [0.2, 0.25) is 0 Å². The van der Waals surface area contributed by atoms with Gasteiger partial charge in [0.05, 0.1) is 0 Å². The van der Waals surface area contributed by atoms with Crippen molar-refractivity contribution < 1.29 is 4.39 Å². The summed E-state index contributed by atoms with van der Waals surface area (Å²) in [5.41, 5.74) is 2.95. The van der Waals surface area contributed by atoms with Crippen molar-refractivity contribution in [3.8, 4) is 0 Å². The lowest BCUT2D eigenvalue weighted by molar-refractivity contribution is 0.626. The third-order valence-corrected chi connectivity index (χ3v) is 1.65. The van der Waals surface area contributed by atoms with Gasteiger partial charge >= 0.3 is 0 Å². The Hall–Kier alpha value is -1.11. The van der Waals surface area contributed by atoms with E-state index in [9.17, 15) is 4.39 Å². The predicted octanol–water partition coefficient (Wildman–Crippen LogP) is 3.17. The fourth-order valence-corrected chi connectivity index (χ4v) is 1.11. The summed E-state index contributed by atoms with van der Waals surface area (Å²) in [5, 5.41) is 0. The molecule has 0 aliphatic heterocycles. The Balaban J connectivity index is 3.20. The number of hydrogen-bond acceptors (Lipinski definition) is 0. The third-order valence-electron chi connectivity index (χ3n) is 1.65. The van der Waals surface area contributed by atoms with Crippen LogP contribution in [0.4, 0.5) is 4.39 Å². The Bertz CT molecular complexity index is 287. The number of hydrogen-bond donors (Lipinski definition) is 0. The van der Waals surface area contributed by atoms with E-state index in [1.165, 1.54) is 12.1 Å². The molecule has 0 fully saturated rings. The lowest BCUT2D eigenvalue weighted by Gasteiger charge is -2.03. The molecule has 0 aliphatic rings. The first-order chi connectivity index (χ1) is 5.11. The van der Waals surface area contributed by atoms with Gasteiger partial charge in [-0.1, -0.05) is 18.2 Å². The van der Waals surface area contributed by atoms with Crippen molar-refractivity contribution in [1.82, 2.24) is 0 Å². The second-order valence-corrected chi connectivity index (χ2v) is 2.74. The predicted molar refractivity (Wildman–Crippen MR) is 45.8 cm³/mol. The Labute approximate surface area is 66.4 Å². The normalized spacial score (nSPS) is 9.73. The Morgan fingerprint density at radius 3 is 2.55 bits per heavy atom. The van der Waals surface area contributed by atoms with E-state index in [0.29, 0.717) is 0 Å². The minimum absolute atomic E-state index is 0.187. The average Bonchev–Trinajstić information content (AvgIpc) is 1.85. The van der Waals surface area contributed by atoms with Gasteiger partial charge < -0.3 is 0 Å². The fraction of sp³-hybridized carbons (Fsp3) is 0.200. The highest BCUT2D eigenvalue weighted by atomic mass is 19.1. The van der Waals surface area contributed by atoms with Crippen molar-refractivity contribution in [2.24, 2.45) is 0 Å². The lowest BCUT2D eigenvalue weighted by Crippen LogP contribution is -1.85. The minimum Gasteiger partial charge on any atom is -0.207 e. The molecule has 11 heavy (non-hydrogen) atoms. The van der Waals surface area contributed by atoms with Gasteiger partial charge in [-0.15, -0.1) is 0 Å². The number of halogens is 1. The van der Waals surface area contributed by atoms with Crippen LogP contribution in [0.3, 0.4) is 0 Å². The van der Waals surface area contributed by atoms with Crippen LogP contribution in [0.5, 0.6) is 0 Å². The van der Waals surface area contributed by atoms with Crippen molar-refractivity contribution in [1.29, 1.82) is 0 Å². The molecular formula is C10H11F. The van der Waals surface area contributed by atoms with Crippen LogP contribution in [0.15, 0.2) is 24.8 Å². The zero-order valence-electron chi connectivity index (χ0n) is 6.82. The van der Waals surface area contributed by atoms with Gasteiger partial charge in [0, 0.05) is 0 Å². The number of benzene rings is 1. The fourth-order valence-electron chi connectivity index (χ4n) is 1.11. The molecule has 58 valence electrons. The van der Waals surface area contributed by atoms with Crippen molar-refractivity contribution in [2.45, 2.75) is 13.8 Å². The number of aryl methyl sites for hydroxylation is 1. The molecule has 0 nitrogen and oxygen atoms in total. The van der Waals surface area contributed by atoms with Crippen molar-refractivity contribution in [3.05, 3.63) is 41.7 Å². The van der Waals surface area contributed by atoms with Crippen LogP contribution in [-0.4, -0.2) is 0 Å². The molecule has 0 heterocycles. The summed E-state index contributed by atoms with van der Waals surface area (Å²) in [4.78, 5) is 0. The first-order valence-electron chi connectivity index (χ1n) is 3.53. The van der Waals surface area contributed by atoms with Gasteiger partial charge in [0.1, 0.15) is 5.82 Å². The molecule has 0 spiro atoms. The minimum atomic E-state index is -0.187. The van der Waals surface area contributed by atoms with E-state index in [-0.39, 0.29) is 5.82 Å². The molecule has 1 rings (SSSR count). The zero-order valence-corrected chi connectivity index (χ0v) is 6.82. The van der Waals surface area contributed by atoms with Crippen LogP contribution in [0.1, 0.15) is 18.1 Å². The molecule has 1 aromatic rings. The Morgan fingerprint density at radius 1 is 1.45 bits per heavy atom. The Kier molecular flexibility index (Phi) is 2.08. The van der Waals surface area contributed by atoms with Crippen LogP contribution in [0, 0.1) is 12.7 Å². The second-order valence-electron chi connectivity index (χ2n) is 2.74. The number of rotatable bonds is 1. The maximum Gasteiger partial charge on any atom is 0.123 e. The zero-order chi connectivity index (χ0) is 8.43. The van der Waals surface area contributed by atoms with Gasteiger partial charge in [0.15, 0.2) is 0 Å². The smallest absolute Gasteiger partial charge is 0.123 e. The molecule has 0 unspecified atom stereocenters. The summed E-state index contributed by atoms with van der Waals surface area (Å²) >= 11 is 0. The molecule has 0 atom stereocenters. The van der Waals surface area contributed by atoms with Crippen molar-refractivity contribution >= 4 is 5.57 Å². The van der Waals surface area contributed by atoms with Gasteiger partial charge in [-0.25, -0.2) is 4.39 Å². The highest BCUT2D eigenvalue weighted by Gasteiger charge is 1.98. The van der Waals surface area contributed by atoms with E-state index < -0.39 is 0 Å². The molecule has 0 amide bonds. The van der Waals surface area contributed by atoms with Gasteiger partial charge in [0.2, 0.25) is 0 Å².